The molecule has 8 heteroatoms. The van der Waals surface area contributed by atoms with Crippen LogP contribution in [0.15, 0.2) is 34.9 Å². The van der Waals surface area contributed by atoms with Gasteiger partial charge in [-0.05, 0) is 31.6 Å². The summed E-state index contributed by atoms with van der Waals surface area (Å²) in [7, 11) is -3.21. The maximum absolute atomic E-state index is 13.4. The molecule has 3 fully saturated rings. The largest absolute Gasteiger partial charge is 0.360 e. The van der Waals surface area contributed by atoms with Gasteiger partial charge in [-0.15, -0.1) is 0 Å². The number of carbonyl (C=O) groups excluding carboxylic acids is 1. The SMILES string of the molecule is Cc1onc(-c2ccccc2)c1C(=O)N1C[C@@H]2[C@H](C1)[C@@H]1CC[C@H]2N1S(C)(=O)=O. The number of aryl methyl sites for hydroxylation is 1. The minimum Gasteiger partial charge on any atom is -0.360 e. The highest BCUT2D eigenvalue weighted by molar-refractivity contribution is 7.88. The Morgan fingerprint density at radius 3 is 2.29 bits per heavy atom. The van der Waals surface area contributed by atoms with Gasteiger partial charge in [-0.25, -0.2) is 8.42 Å². The van der Waals surface area contributed by atoms with Gasteiger partial charge in [0.15, 0.2) is 0 Å². The number of amides is 1. The Morgan fingerprint density at radius 1 is 1.11 bits per heavy atom. The average Bonchev–Trinajstić information content (AvgIpc) is 3.40. The third-order valence-electron chi connectivity index (χ3n) is 6.61. The summed E-state index contributed by atoms with van der Waals surface area (Å²) < 4.78 is 31.5. The standard InChI is InChI=1S/C20H23N3O4S/c1-12-18(19(21-27-12)13-6-4-3-5-7-13)20(24)22-10-14-15(11-22)17-9-8-16(14)23(17)28(2,25)26/h3-7,14-17H,8-11H2,1-2H3/t14-,15+,16-,17+. The topological polar surface area (TPSA) is 83.7 Å². The number of carbonyl (C=O) groups is 1. The molecule has 0 spiro atoms. The van der Waals surface area contributed by atoms with E-state index in [1.54, 1.807) is 11.2 Å². The van der Waals surface area contributed by atoms with Gasteiger partial charge in [-0.1, -0.05) is 35.5 Å². The van der Waals surface area contributed by atoms with Gasteiger partial charge in [-0.2, -0.15) is 4.31 Å². The predicted molar refractivity (Wildman–Crippen MR) is 103 cm³/mol. The van der Waals surface area contributed by atoms with Gasteiger partial charge in [0, 0.05) is 30.7 Å². The Balaban J connectivity index is 1.42. The molecule has 148 valence electrons. The number of rotatable bonds is 3. The van der Waals surface area contributed by atoms with E-state index in [-0.39, 0.29) is 29.8 Å². The quantitative estimate of drug-likeness (QED) is 0.787. The fourth-order valence-corrected chi connectivity index (χ4v) is 7.06. The van der Waals surface area contributed by atoms with Gasteiger partial charge in [0.2, 0.25) is 10.0 Å². The molecule has 0 N–H and O–H groups in total. The van der Waals surface area contributed by atoms with Crippen LogP contribution in [0.4, 0.5) is 0 Å². The summed E-state index contributed by atoms with van der Waals surface area (Å²) in [6, 6.07) is 9.62. The first-order chi connectivity index (χ1) is 13.4. The number of fused-ring (bicyclic) bond motifs is 5. The second kappa shape index (κ2) is 6.15. The maximum Gasteiger partial charge on any atom is 0.259 e. The van der Waals surface area contributed by atoms with Crippen molar-refractivity contribution in [3.8, 4) is 11.3 Å². The van der Waals surface area contributed by atoms with Crippen LogP contribution in [0.1, 0.15) is 29.0 Å². The number of hydrogen-bond donors (Lipinski definition) is 0. The van der Waals surface area contributed by atoms with Crippen molar-refractivity contribution in [3.05, 3.63) is 41.7 Å². The van der Waals surface area contributed by atoms with Crippen LogP contribution in [-0.2, 0) is 10.0 Å². The zero-order valence-electron chi connectivity index (χ0n) is 15.9. The lowest BCUT2D eigenvalue weighted by Crippen LogP contribution is -2.40. The van der Waals surface area contributed by atoms with Crippen LogP contribution in [0, 0.1) is 18.8 Å². The third kappa shape index (κ3) is 2.54. The zero-order chi connectivity index (χ0) is 19.6. The molecular weight excluding hydrogens is 378 g/mol. The Hall–Kier alpha value is -2.19. The highest BCUT2D eigenvalue weighted by Crippen LogP contribution is 2.50. The molecule has 0 saturated carbocycles. The summed E-state index contributed by atoms with van der Waals surface area (Å²) in [4.78, 5) is 15.2. The Morgan fingerprint density at radius 2 is 1.71 bits per heavy atom. The molecule has 3 saturated heterocycles. The van der Waals surface area contributed by atoms with Gasteiger partial charge in [-0.3, -0.25) is 4.79 Å². The molecule has 0 aliphatic carbocycles. The maximum atomic E-state index is 13.4. The summed E-state index contributed by atoms with van der Waals surface area (Å²) in [5.74, 6) is 0.884. The van der Waals surface area contributed by atoms with Gasteiger partial charge < -0.3 is 9.42 Å². The van der Waals surface area contributed by atoms with E-state index in [1.165, 1.54) is 6.26 Å². The van der Waals surface area contributed by atoms with Crippen molar-refractivity contribution in [1.82, 2.24) is 14.4 Å². The Bertz CT molecular complexity index is 1010. The monoisotopic (exact) mass is 401 g/mol. The lowest BCUT2D eigenvalue weighted by Gasteiger charge is -2.25. The van der Waals surface area contributed by atoms with Crippen molar-refractivity contribution < 1.29 is 17.7 Å². The highest BCUT2D eigenvalue weighted by Gasteiger charge is 2.59. The van der Waals surface area contributed by atoms with Gasteiger partial charge in [0.05, 0.1) is 6.26 Å². The molecule has 28 heavy (non-hydrogen) atoms. The number of likely N-dealkylation sites (tertiary alicyclic amines) is 1. The number of sulfonamides is 1. The fraction of sp³-hybridized carbons (Fsp3) is 0.500. The molecule has 7 nitrogen and oxygen atoms in total. The number of nitrogens with zero attached hydrogens (tertiary/aromatic N) is 3. The summed E-state index contributed by atoms with van der Waals surface area (Å²) in [6.07, 6.45) is 3.08. The fourth-order valence-electron chi connectivity index (χ4n) is 5.55. The van der Waals surface area contributed by atoms with Gasteiger partial charge in [0.25, 0.3) is 5.91 Å². The van der Waals surface area contributed by atoms with Crippen LogP contribution in [-0.4, -0.2) is 60.1 Å². The third-order valence-corrected chi connectivity index (χ3v) is 7.91. The lowest BCUT2D eigenvalue weighted by atomic mass is 9.82. The minimum atomic E-state index is -3.21. The molecule has 1 aromatic heterocycles. The summed E-state index contributed by atoms with van der Waals surface area (Å²) in [5.41, 5.74) is 1.93. The molecule has 5 rings (SSSR count). The summed E-state index contributed by atoms with van der Waals surface area (Å²) >= 11 is 0. The van der Waals surface area contributed by atoms with E-state index in [1.807, 2.05) is 35.2 Å². The average molecular weight is 401 g/mol. The second-order valence-electron chi connectivity index (χ2n) is 8.17. The molecule has 1 amide bonds. The van der Waals surface area contributed by atoms with Crippen LogP contribution in [0.5, 0.6) is 0 Å². The van der Waals surface area contributed by atoms with Crippen molar-refractivity contribution in [2.45, 2.75) is 31.8 Å². The van der Waals surface area contributed by atoms with Gasteiger partial charge >= 0.3 is 0 Å². The predicted octanol–water partition coefficient (Wildman–Crippen LogP) is 2.14. The van der Waals surface area contributed by atoms with Crippen LogP contribution in [0.25, 0.3) is 11.3 Å². The van der Waals surface area contributed by atoms with Crippen LogP contribution in [0.2, 0.25) is 0 Å². The van der Waals surface area contributed by atoms with E-state index in [9.17, 15) is 13.2 Å². The van der Waals surface area contributed by atoms with Crippen molar-refractivity contribution >= 4 is 15.9 Å². The van der Waals surface area contributed by atoms with Crippen LogP contribution in [0.3, 0.4) is 0 Å². The second-order valence-corrected chi connectivity index (χ2v) is 10.1. The molecule has 0 radical (unpaired) electrons. The first kappa shape index (κ1) is 17.9. The van der Waals surface area contributed by atoms with Crippen LogP contribution >= 0.6 is 0 Å². The first-order valence-electron chi connectivity index (χ1n) is 9.65. The van der Waals surface area contributed by atoms with E-state index >= 15 is 0 Å². The van der Waals surface area contributed by atoms with Gasteiger partial charge in [0.1, 0.15) is 17.0 Å². The number of hydrogen-bond acceptors (Lipinski definition) is 5. The van der Waals surface area contributed by atoms with E-state index in [4.69, 9.17) is 4.52 Å². The zero-order valence-corrected chi connectivity index (χ0v) is 16.7. The van der Waals surface area contributed by atoms with E-state index in [0.29, 0.717) is 30.1 Å². The number of benzene rings is 1. The lowest BCUT2D eigenvalue weighted by molar-refractivity contribution is 0.0772. The summed E-state index contributed by atoms with van der Waals surface area (Å²) in [6.45, 7) is 2.95. The molecule has 4 heterocycles. The molecule has 3 aliphatic rings. The normalized spacial score (nSPS) is 29.4. The molecule has 2 bridgehead atoms. The minimum absolute atomic E-state index is 0.0277. The van der Waals surface area contributed by atoms with Crippen LogP contribution < -0.4 is 0 Å². The van der Waals surface area contributed by atoms with Crippen molar-refractivity contribution in [1.29, 1.82) is 0 Å². The van der Waals surface area contributed by atoms with Crippen molar-refractivity contribution in [3.63, 3.8) is 0 Å². The molecule has 3 aliphatic heterocycles. The van der Waals surface area contributed by atoms with E-state index in [0.717, 1.165) is 18.4 Å². The molecule has 4 atom stereocenters. The van der Waals surface area contributed by atoms with Crippen molar-refractivity contribution in [2.75, 3.05) is 19.3 Å². The van der Waals surface area contributed by atoms with E-state index in [2.05, 4.69) is 5.16 Å². The highest BCUT2D eigenvalue weighted by atomic mass is 32.2. The molecular formula is C20H23N3O4S. The molecule has 0 unspecified atom stereocenters. The van der Waals surface area contributed by atoms with Crippen molar-refractivity contribution in [2.24, 2.45) is 11.8 Å². The molecule has 2 aromatic rings. The first-order valence-corrected chi connectivity index (χ1v) is 11.5. The van der Waals surface area contributed by atoms with E-state index < -0.39 is 10.0 Å². The smallest absolute Gasteiger partial charge is 0.259 e. The number of aromatic nitrogens is 1. The Kier molecular flexibility index (Phi) is 3.93. The Labute approximate surface area is 164 Å². The molecule has 1 aromatic carbocycles. The summed E-state index contributed by atoms with van der Waals surface area (Å²) in [5, 5.41) is 4.13.